The van der Waals surface area contributed by atoms with Crippen molar-refractivity contribution in [2.75, 3.05) is 18.4 Å². The number of aliphatic hydroxyl groups excluding tert-OH is 1. The van der Waals surface area contributed by atoms with Crippen LogP contribution in [-0.2, 0) is 25.8 Å². The largest absolute Gasteiger partial charge is 0.403 e. The molecule has 0 aliphatic carbocycles. The summed E-state index contributed by atoms with van der Waals surface area (Å²) in [5.74, 6) is -2.63. The Bertz CT molecular complexity index is 962. The van der Waals surface area contributed by atoms with Gasteiger partial charge in [0.05, 0.1) is 19.2 Å². The molecule has 1 aliphatic rings. The van der Waals surface area contributed by atoms with E-state index in [1.807, 2.05) is 0 Å². The van der Waals surface area contributed by atoms with E-state index in [-0.39, 0.29) is 26.0 Å². The molecule has 0 radical (unpaired) electrons. The van der Waals surface area contributed by atoms with Crippen LogP contribution in [-0.4, -0.2) is 65.0 Å². The van der Waals surface area contributed by atoms with Crippen molar-refractivity contribution in [3.63, 3.8) is 0 Å². The Morgan fingerprint density at radius 1 is 1.00 bits per heavy atom. The molecule has 0 saturated carbocycles. The van der Waals surface area contributed by atoms with Crippen molar-refractivity contribution in [1.82, 2.24) is 15.5 Å². The number of benzene rings is 1. The summed E-state index contributed by atoms with van der Waals surface area (Å²) in [6, 6.07) is 3.26. The van der Waals surface area contributed by atoms with Gasteiger partial charge in [0.15, 0.2) is 0 Å². The predicted molar refractivity (Wildman–Crippen MR) is 130 cm³/mol. The van der Waals surface area contributed by atoms with Gasteiger partial charge >= 0.3 is 6.18 Å². The number of amides is 4. The normalized spacial score (nSPS) is 15.3. The summed E-state index contributed by atoms with van der Waals surface area (Å²) in [5, 5.41) is 16.4. The van der Waals surface area contributed by atoms with Crippen LogP contribution in [0.1, 0.15) is 45.1 Å². The van der Waals surface area contributed by atoms with Gasteiger partial charge < -0.3 is 15.7 Å². The Kier molecular flexibility index (Phi) is 11.3. The zero-order chi connectivity index (χ0) is 27.6. The number of alkyl halides is 3. The lowest BCUT2D eigenvalue weighted by Gasteiger charge is -2.29. The van der Waals surface area contributed by atoms with Crippen molar-refractivity contribution >= 4 is 29.3 Å². The van der Waals surface area contributed by atoms with E-state index < -0.39 is 54.4 Å². The summed E-state index contributed by atoms with van der Waals surface area (Å²) in [5.41, 5.74) is 1.10. The van der Waals surface area contributed by atoms with Crippen LogP contribution in [0.3, 0.4) is 0 Å². The Morgan fingerprint density at radius 3 is 2.16 bits per heavy atom. The number of hydrogen-bond acceptors (Lipinski definition) is 6. The third-order valence-electron chi connectivity index (χ3n) is 5.84. The monoisotopic (exact) mass is 526 g/mol. The van der Waals surface area contributed by atoms with Gasteiger partial charge in [-0.25, -0.2) is 0 Å². The maximum absolute atomic E-state index is 13.7. The highest BCUT2D eigenvalue weighted by Crippen LogP contribution is 2.25. The Morgan fingerprint density at radius 2 is 1.62 bits per heavy atom. The number of nitrogens with zero attached hydrogens (tertiary/aromatic N) is 1. The van der Waals surface area contributed by atoms with E-state index in [4.69, 9.17) is 5.11 Å². The predicted octanol–water partition coefficient (Wildman–Crippen LogP) is 2.26. The summed E-state index contributed by atoms with van der Waals surface area (Å²) in [4.78, 5) is 48.9. The second-order valence-electron chi connectivity index (χ2n) is 9.11. The highest BCUT2D eigenvalue weighted by molar-refractivity contribution is 6.12. The van der Waals surface area contributed by atoms with Crippen LogP contribution in [0.2, 0.25) is 0 Å². The van der Waals surface area contributed by atoms with Gasteiger partial charge in [0, 0.05) is 24.4 Å². The van der Waals surface area contributed by atoms with Crippen molar-refractivity contribution in [3.8, 4) is 0 Å². The van der Waals surface area contributed by atoms with Crippen LogP contribution in [0.4, 0.5) is 18.9 Å². The molecule has 2 unspecified atom stereocenters. The van der Waals surface area contributed by atoms with Crippen LogP contribution >= 0.6 is 0 Å². The average molecular weight is 527 g/mol. The molecule has 0 fully saturated rings. The SMILES string of the molecule is CC(C)C(NC(CCCCCN1C(=O)C=CC1=O)C(F)(F)F)C(=O)NCC(=O)Nc1ccc(CO)cc1. The number of imide groups is 1. The van der Waals surface area contributed by atoms with Gasteiger partial charge in [-0.15, -0.1) is 0 Å². The third kappa shape index (κ3) is 9.62. The second-order valence-corrected chi connectivity index (χ2v) is 9.11. The molecule has 0 spiro atoms. The lowest BCUT2D eigenvalue weighted by molar-refractivity contribution is -0.161. The highest BCUT2D eigenvalue weighted by Gasteiger charge is 2.41. The average Bonchev–Trinajstić information content (AvgIpc) is 3.15. The van der Waals surface area contributed by atoms with E-state index in [1.54, 1.807) is 38.1 Å². The molecule has 204 valence electrons. The van der Waals surface area contributed by atoms with Crippen LogP contribution < -0.4 is 16.0 Å². The molecular formula is C25H33F3N4O5. The van der Waals surface area contributed by atoms with Gasteiger partial charge in [-0.3, -0.25) is 29.4 Å². The van der Waals surface area contributed by atoms with Crippen LogP contribution in [0.15, 0.2) is 36.4 Å². The Labute approximate surface area is 213 Å². The topological polar surface area (TPSA) is 128 Å². The molecule has 9 nitrogen and oxygen atoms in total. The van der Waals surface area contributed by atoms with E-state index in [0.29, 0.717) is 24.1 Å². The van der Waals surface area contributed by atoms with E-state index in [2.05, 4.69) is 16.0 Å². The van der Waals surface area contributed by atoms with Crippen molar-refractivity contribution in [3.05, 3.63) is 42.0 Å². The quantitative estimate of drug-likeness (QED) is 0.218. The van der Waals surface area contributed by atoms with E-state index in [9.17, 15) is 32.3 Å². The van der Waals surface area contributed by atoms with Gasteiger partial charge in [-0.05, 0) is 36.5 Å². The molecule has 1 aliphatic heterocycles. The van der Waals surface area contributed by atoms with Crippen molar-refractivity contribution in [1.29, 1.82) is 0 Å². The van der Waals surface area contributed by atoms with Gasteiger partial charge in [0.25, 0.3) is 11.8 Å². The molecule has 4 amide bonds. The first-order valence-electron chi connectivity index (χ1n) is 12.1. The summed E-state index contributed by atoms with van der Waals surface area (Å²) in [7, 11) is 0. The molecular weight excluding hydrogens is 493 g/mol. The maximum atomic E-state index is 13.7. The van der Waals surface area contributed by atoms with Crippen LogP contribution in [0.25, 0.3) is 0 Å². The van der Waals surface area contributed by atoms with Crippen LogP contribution in [0, 0.1) is 5.92 Å². The molecule has 0 saturated heterocycles. The zero-order valence-corrected chi connectivity index (χ0v) is 20.8. The smallest absolute Gasteiger partial charge is 0.392 e. The number of carbonyl (C=O) groups is 4. The molecule has 4 N–H and O–H groups in total. The first kappa shape index (κ1) is 30.0. The minimum Gasteiger partial charge on any atom is -0.392 e. The zero-order valence-electron chi connectivity index (χ0n) is 20.8. The van der Waals surface area contributed by atoms with Crippen molar-refractivity contribution < 1.29 is 37.5 Å². The molecule has 2 atom stereocenters. The molecule has 1 aromatic carbocycles. The summed E-state index contributed by atoms with van der Waals surface area (Å²) < 4.78 is 41.1. The molecule has 2 rings (SSSR count). The molecule has 1 heterocycles. The summed E-state index contributed by atoms with van der Waals surface area (Å²) >= 11 is 0. The number of halogens is 3. The maximum Gasteiger partial charge on any atom is 0.403 e. The summed E-state index contributed by atoms with van der Waals surface area (Å²) in [6.07, 6.45) is -1.67. The van der Waals surface area contributed by atoms with E-state index >= 15 is 0 Å². The summed E-state index contributed by atoms with van der Waals surface area (Å²) in [6.45, 7) is 2.77. The lowest BCUT2D eigenvalue weighted by Crippen LogP contribution is -2.56. The minimum absolute atomic E-state index is 0.138. The van der Waals surface area contributed by atoms with Crippen LogP contribution in [0.5, 0.6) is 0 Å². The first-order valence-corrected chi connectivity index (χ1v) is 12.1. The highest BCUT2D eigenvalue weighted by atomic mass is 19.4. The fourth-order valence-corrected chi connectivity index (χ4v) is 3.75. The number of hydrogen-bond donors (Lipinski definition) is 4. The molecule has 12 heteroatoms. The van der Waals surface area contributed by atoms with Crippen molar-refractivity contribution in [2.45, 2.75) is 64.4 Å². The number of anilines is 1. The van der Waals surface area contributed by atoms with Gasteiger partial charge in [0.2, 0.25) is 11.8 Å². The lowest BCUT2D eigenvalue weighted by atomic mass is 10.00. The first-order chi connectivity index (χ1) is 17.4. The van der Waals surface area contributed by atoms with Gasteiger partial charge in [-0.1, -0.05) is 38.8 Å². The number of aliphatic hydroxyl groups is 1. The number of unbranched alkanes of at least 4 members (excludes halogenated alkanes) is 2. The Hall–Kier alpha value is -3.25. The number of carbonyl (C=O) groups excluding carboxylic acids is 4. The molecule has 0 bridgehead atoms. The van der Waals surface area contributed by atoms with E-state index in [0.717, 1.165) is 17.1 Å². The van der Waals surface area contributed by atoms with Crippen molar-refractivity contribution in [2.24, 2.45) is 5.92 Å². The molecule has 1 aromatic rings. The third-order valence-corrected chi connectivity index (χ3v) is 5.84. The molecule has 37 heavy (non-hydrogen) atoms. The fraction of sp³-hybridized carbons (Fsp3) is 0.520. The Balaban J connectivity index is 1.84. The standard InChI is InChI=1S/C25H33F3N4O5/c1-16(2)23(24(37)29-14-20(34)30-18-9-7-17(15-33)8-10-18)31-19(25(26,27)28)6-4-3-5-13-32-21(35)11-12-22(32)36/h7-12,16,19,23,31,33H,3-6,13-15H2,1-2H3,(H,29,37)(H,30,34). The van der Waals surface area contributed by atoms with Gasteiger partial charge in [-0.2, -0.15) is 13.2 Å². The molecule has 0 aromatic heterocycles. The second kappa shape index (κ2) is 13.9. The van der Waals surface area contributed by atoms with Gasteiger partial charge in [0.1, 0.15) is 6.04 Å². The fourth-order valence-electron chi connectivity index (χ4n) is 3.75. The minimum atomic E-state index is -4.60. The number of rotatable bonds is 14. The number of nitrogens with one attached hydrogen (secondary N) is 3. The van der Waals surface area contributed by atoms with E-state index in [1.165, 1.54) is 0 Å².